The third-order valence-corrected chi connectivity index (χ3v) is 2.44. The number of rotatable bonds is 4. The Morgan fingerprint density at radius 2 is 2.06 bits per heavy atom. The molecule has 1 aromatic heterocycles. The van der Waals surface area contributed by atoms with E-state index in [1.807, 2.05) is 24.3 Å². The molecular formula is C13H13NO4. The van der Waals surface area contributed by atoms with Crippen LogP contribution in [0.3, 0.4) is 0 Å². The van der Waals surface area contributed by atoms with Crippen molar-refractivity contribution in [2.75, 3.05) is 20.8 Å². The maximum Gasteiger partial charge on any atom is 0.343 e. The summed E-state index contributed by atoms with van der Waals surface area (Å²) in [5.74, 6) is 0.720. The molecule has 1 aromatic carbocycles. The Kier molecular flexibility index (Phi) is 3.62. The predicted molar refractivity (Wildman–Crippen MR) is 65.8 cm³/mol. The number of esters is 1. The molecular weight excluding hydrogens is 234 g/mol. The molecule has 5 nitrogen and oxygen atoms in total. The van der Waals surface area contributed by atoms with Crippen molar-refractivity contribution in [3.63, 3.8) is 0 Å². The van der Waals surface area contributed by atoms with Gasteiger partial charge in [0.15, 0.2) is 6.61 Å². The molecule has 0 radical (unpaired) electrons. The highest BCUT2D eigenvalue weighted by atomic mass is 16.6. The van der Waals surface area contributed by atoms with Crippen molar-refractivity contribution in [1.29, 1.82) is 0 Å². The lowest BCUT2D eigenvalue weighted by Crippen LogP contribution is -2.13. The number of ether oxygens (including phenoxy) is 3. The van der Waals surface area contributed by atoms with Gasteiger partial charge in [-0.25, -0.2) is 9.78 Å². The van der Waals surface area contributed by atoms with Crippen molar-refractivity contribution in [1.82, 2.24) is 4.98 Å². The average molecular weight is 247 g/mol. The molecule has 5 heteroatoms. The molecule has 0 N–H and O–H groups in total. The fourth-order valence-corrected chi connectivity index (χ4v) is 1.48. The Balaban J connectivity index is 2.20. The topological polar surface area (TPSA) is 57.7 Å². The summed E-state index contributed by atoms with van der Waals surface area (Å²) in [6.07, 6.45) is 0. The average Bonchev–Trinajstić information content (AvgIpc) is 2.43. The molecule has 0 amide bonds. The highest BCUT2D eigenvalue weighted by Gasteiger charge is 2.04. The van der Waals surface area contributed by atoms with Crippen LogP contribution in [-0.4, -0.2) is 31.8 Å². The van der Waals surface area contributed by atoms with Gasteiger partial charge < -0.3 is 14.2 Å². The SMILES string of the molecule is COC(=O)COc1ccc2cc(OC)ccc2n1. The van der Waals surface area contributed by atoms with E-state index >= 15 is 0 Å². The Bertz CT molecular complexity index is 568. The Morgan fingerprint density at radius 1 is 1.22 bits per heavy atom. The Morgan fingerprint density at radius 3 is 2.78 bits per heavy atom. The summed E-state index contributed by atoms with van der Waals surface area (Å²) >= 11 is 0. The molecule has 94 valence electrons. The van der Waals surface area contributed by atoms with E-state index in [4.69, 9.17) is 9.47 Å². The number of aromatic nitrogens is 1. The number of fused-ring (bicyclic) bond motifs is 1. The number of nitrogens with zero attached hydrogens (tertiary/aromatic N) is 1. The van der Waals surface area contributed by atoms with Gasteiger partial charge in [-0.15, -0.1) is 0 Å². The van der Waals surface area contributed by atoms with Crippen molar-refractivity contribution in [3.8, 4) is 11.6 Å². The lowest BCUT2D eigenvalue weighted by atomic mass is 10.2. The number of hydrogen-bond donors (Lipinski definition) is 0. The number of carbonyl (C=O) groups excluding carboxylic acids is 1. The summed E-state index contributed by atoms with van der Waals surface area (Å²) in [5, 5.41) is 0.944. The smallest absolute Gasteiger partial charge is 0.343 e. The molecule has 0 aliphatic carbocycles. The monoisotopic (exact) mass is 247 g/mol. The second-order valence-corrected chi connectivity index (χ2v) is 3.57. The first kappa shape index (κ1) is 12.2. The van der Waals surface area contributed by atoms with Crippen molar-refractivity contribution < 1.29 is 19.0 Å². The van der Waals surface area contributed by atoms with Gasteiger partial charge in [-0.1, -0.05) is 0 Å². The van der Waals surface area contributed by atoms with Crippen LogP contribution in [0.5, 0.6) is 11.6 Å². The van der Waals surface area contributed by atoms with E-state index in [-0.39, 0.29) is 6.61 Å². The molecule has 0 spiro atoms. The van der Waals surface area contributed by atoms with Crippen LogP contribution < -0.4 is 9.47 Å². The summed E-state index contributed by atoms with van der Waals surface area (Å²) in [5.41, 5.74) is 0.776. The molecule has 18 heavy (non-hydrogen) atoms. The lowest BCUT2D eigenvalue weighted by molar-refractivity contribution is -0.143. The van der Waals surface area contributed by atoms with Crippen molar-refractivity contribution in [2.45, 2.75) is 0 Å². The van der Waals surface area contributed by atoms with E-state index < -0.39 is 5.97 Å². The van der Waals surface area contributed by atoms with E-state index in [0.29, 0.717) is 5.88 Å². The van der Waals surface area contributed by atoms with Crippen LogP contribution in [0.4, 0.5) is 0 Å². The maximum atomic E-state index is 10.9. The van der Waals surface area contributed by atoms with Crippen LogP contribution >= 0.6 is 0 Å². The summed E-state index contributed by atoms with van der Waals surface area (Å²) in [6, 6.07) is 9.09. The van der Waals surface area contributed by atoms with Gasteiger partial charge in [-0.3, -0.25) is 0 Å². The number of methoxy groups -OCH3 is 2. The van der Waals surface area contributed by atoms with Crippen LogP contribution in [0, 0.1) is 0 Å². The molecule has 0 saturated heterocycles. The molecule has 0 atom stereocenters. The third-order valence-electron chi connectivity index (χ3n) is 2.44. The van der Waals surface area contributed by atoms with Gasteiger partial charge in [-0.2, -0.15) is 0 Å². The van der Waals surface area contributed by atoms with Crippen LogP contribution in [-0.2, 0) is 9.53 Å². The van der Waals surface area contributed by atoms with Gasteiger partial charge in [0.05, 0.1) is 19.7 Å². The Labute approximate surface area is 104 Å². The van der Waals surface area contributed by atoms with E-state index in [0.717, 1.165) is 16.7 Å². The second kappa shape index (κ2) is 5.35. The molecule has 0 saturated carbocycles. The van der Waals surface area contributed by atoms with Crippen molar-refractivity contribution in [3.05, 3.63) is 30.3 Å². The minimum absolute atomic E-state index is 0.148. The molecule has 2 aromatic rings. The quantitative estimate of drug-likeness (QED) is 0.771. The molecule has 0 aliphatic rings. The highest BCUT2D eigenvalue weighted by Crippen LogP contribution is 2.21. The normalized spacial score (nSPS) is 10.1. The summed E-state index contributed by atoms with van der Waals surface area (Å²) < 4.78 is 14.8. The largest absolute Gasteiger partial charge is 0.497 e. The first-order valence-electron chi connectivity index (χ1n) is 5.37. The molecule has 0 aliphatic heterocycles. The van der Waals surface area contributed by atoms with E-state index in [2.05, 4.69) is 9.72 Å². The lowest BCUT2D eigenvalue weighted by Gasteiger charge is -2.06. The van der Waals surface area contributed by atoms with Crippen molar-refractivity contribution in [2.24, 2.45) is 0 Å². The fraction of sp³-hybridized carbons (Fsp3) is 0.231. The first-order chi connectivity index (χ1) is 8.72. The molecule has 0 fully saturated rings. The molecule has 0 unspecified atom stereocenters. The highest BCUT2D eigenvalue weighted by molar-refractivity contribution is 5.80. The van der Waals surface area contributed by atoms with Crippen LogP contribution in [0.25, 0.3) is 10.9 Å². The summed E-state index contributed by atoms with van der Waals surface area (Å²) in [4.78, 5) is 15.2. The van der Waals surface area contributed by atoms with Crippen LogP contribution in [0.2, 0.25) is 0 Å². The molecule has 2 rings (SSSR count). The van der Waals surface area contributed by atoms with Gasteiger partial charge in [0, 0.05) is 11.5 Å². The number of hydrogen-bond acceptors (Lipinski definition) is 5. The zero-order valence-electron chi connectivity index (χ0n) is 10.2. The van der Waals surface area contributed by atoms with Crippen LogP contribution in [0.1, 0.15) is 0 Å². The van der Waals surface area contributed by atoms with E-state index in [1.54, 1.807) is 13.2 Å². The van der Waals surface area contributed by atoms with Gasteiger partial charge in [-0.05, 0) is 24.3 Å². The fourth-order valence-electron chi connectivity index (χ4n) is 1.48. The number of carbonyl (C=O) groups is 1. The third kappa shape index (κ3) is 2.68. The van der Waals surface area contributed by atoms with Gasteiger partial charge in [0.25, 0.3) is 0 Å². The molecule has 1 heterocycles. The Hall–Kier alpha value is -2.30. The minimum atomic E-state index is -0.438. The van der Waals surface area contributed by atoms with Crippen LogP contribution in [0.15, 0.2) is 30.3 Å². The first-order valence-corrected chi connectivity index (χ1v) is 5.37. The number of pyridine rings is 1. The summed E-state index contributed by atoms with van der Waals surface area (Å²) in [6.45, 7) is -0.148. The number of benzene rings is 1. The zero-order valence-corrected chi connectivity index (χ0v) is 10.2. The predicted octanol–water partition coefficient (Wildman–Crippen LogP) is 1.80. The standard InChI is InChI=1S/C13H13NO4/c1-16-10-4-5-11-9(7-10)3-6-12(14-11)18-8-13(15)17-2/h3-7H,8H2,1-2H3. The van der Waals surface area contributed by atoms with Gasteiger partial charge >= 0.3 is 5.97 Å². The van der Waals surface area contributed by atoms with E-state index in [1.165, 1.54) is 7.11 Å². The second-order valence-electron chi connectivity index (χ2n) is 3.57. The van der Waals surface area contributed by atoms with Gasteiger partial charge in [0.1, 0.15) is 5.75 Å². The van der Waals surface area contributed by atoms with Gasteiger partial charge in [0.2, 0.25) is 5.88 Å². The zero-order chi connectivity index (χ0) is 13.0. The minimum Gasteiger partial charge on any atom is -0.497 e. The van der Waals surface area contributed by atoms with Crippen molar-refractivity contribution >= 4 is 16.9 Å². The molecule has 0 bridgehead atoms. The summed E-state index contributed by atoms with van der Waals surface area (Å²) in [7, 11) is 2.92. The van der Waals surface area contributed by atoms with E-state index in [9.17, 15) is 4.79 Å². The maximum absolute atomic E-state index is 10.9.